The second-order valence-electron chi connectivity index (χ2n) is 8.88. The minimum Gasteiger partial charge on any atom is -0.481 e. The number of fused-ring (bicyclic) bond motifs is 1. The summed E-state index contributed by atoms with van der Waals surface area (Å²) in [6.07, 6.45) is 5.80. The first-order valence-electron chi connectivity index (χ1n) is 11.9. The summed E-state index contributed by atoms with van der Waals surface area (Å²) in [6.45, 7) is 1.90. The SMILES string of the molecule is C[C@H](NC(=O)c1ccc2nc(C3=CC=C(F)CC3)c(CCCCC(=O)O)nc2c1)c1ccc(Cl)cc1. The molecule has 1 aliphatic carbocycles. The number of allylic oxidation sites excluding steroid dienone is 4. The molecule has 0 saturated heterocycles. The Morgan fingerprint density at radius 2 is 1.83 bits per heavy atom. The Hall–Kier alpha value is -3.58. The fraction of sp³-hybridized carbons (Fsp3) is 0.286. The largest absolute Gasteiger partial charge is 0.481 e. The summed E-state index contributed by atoms with van der Waals surface area (Å²) < 4.78 is 13.6. The summed E-state index contributed by atoms with van der Waals surface area (Å²) in [7, 11) is 0. The number of amides is 1. The molecular weight excluding hydrogens is 481 g/mol. The molecule has 0 radical (unpaired) electrons. The van der Waals surface area contributed by atoms with Gasteiger partial charge in [-0.05, 0) is 80.2 Å². The van der Waals surface area contributed by atoms with Crippen LogP contribution in [0, 0.1) is 0 Å². The Balaban J connectivity index is 1.60. The fourth-order valence-corrected chi connectivity index (χ4v) is 4.28. The van der Waals surface area contributed by atoms with Gasteiger partial charge in [-0.15, -0.1) is 0 Å². The summed E-state index contributed by atoms with van der Waals surface area (Å²) in [5.74, 6) is -1.23. The van der Waals surface area contributed by atoms with E-state index < -0.39 is 5.97 Å². The number of carboxylic acids is 1. The molecule has 6 nitrogen and oxygen atoms in total. The molecule has 36 heavy (non-hydrogen) atoms. The number of aliphatic carboxylic acids is 1. The highest BCUT2D eigenvalue weighted by atomic mass is 35.5. The van der Waals surface area contributed by atoms with Gasteiger partial charge in [0.25, 0.3) is 5.91 Å². The Kier molecular flexibility index (Phi) is 8.10. The van der Waals surface area contributed by atoms with Crippen LogP contribution in [0.5, 0.6) is 0 Å². The van der Waals surface area contributed by atoms with Crippen molar-refractivity contribution < 1.29 is 19.1 Å². The molecule has 1 aromatic heterocycles. The van der Waals surface area contributed by atoms with Crippen molar-refractivity contribution in [2.45, 2.75) is 51.5 Å². The van der Waals surface area contributed by atoms with Crippen molar-refractivity contribution in [2.75, 3.05) is 0 Å². The average Bonchev–Trinajstić information content (AvgIpc) is 2.86. The van der Waals surface area contributed by atoms with E-state index in [9.17, 15) is 14.0 Å². The minimum absolute atomic E-state index is 0.0864. The second kappa shape index (κ2) is 11.4. The Morgan fingerprint density at radius 3 is 2.53 bits per heavy atom. The number of benzene rings is 2. The van der Waals surface area contributed by atoms with E-state index >= 15 is 0 Å². The maximum atomic E-state index is 13.6. The lowest BCUT2D eigenvalue weighted by Gasteiger charge is -2.16. The van der Waals surface area contributed by atoms with E-state index in [1.165, 1.54) is 6.08 Å². The molecule has 3 aromatic rings. The first-order chi connectivity index (χ1) is 17.3. The van der Waals surface area contributed by atoms with Gasteiger partial charge in [0, 0.05) is 23.4 Å². The lowest BCUT2D eigenvalue weighted by atomic mass is 9.97. The summed E-state index contributed by atoms with van der Waals surface area (Å²) in [5, 5.41) is 12.6. The Labute approximate surface area is 213 Å². The van der Waals surface area contributed by atoms with Crippen LogP contribution in [0.25, 0.3) is 16.6 Å². The van der Waals surface area contributed by atoms with Gasteiger partial charge in [-0.3, -0.25) is 9.59 Å². The number of hydrogen-bond donors (Lipinski definition) is 2. The van der Waals surface area contributed by atoms with Crippen LogP contribution in [0.15, 0.2) is 60.4 Å². The van der Waals surface area contributed by atoms with Crippen molar-refractivity contribution in [3.8, 4) is 0 Å². The molecule has 2 N–H and O–H groups in total. The van der Waals surface area contributed by atoms with Crippen LogP contribution >= 0.6 is 11.6 Å². The number of nitrogens with zero attached hydrogens (tertiary/aromatic N) is 2. The first kappa shape index (κ1) is 25.5. The number of aromatic nitrogens is 2. The number of carboxylic acid groups (broad SMARTS) is 1. The van der Waals surface area contributed by atoms with Gasteiger partial charge in [0.05, 0.1) is 28.5 Å². The van der Waals surface area contributed by atoms with E-state index in [0.29, 0.717) is 59.4 Å². The molecular formula is C28H27ClFN3O3. The quantitative estimate of drug-likeness (QED) is 0.318. The number of hydrogen-bond acceptors (Lipinski definition) is 4. The third-order valence-electron chi connectivity index (χ3n) is 6.17. The number of carbonyl (C=O) groups is 2. The molecule has 0 saturated carbocycles. The van der Waals surface area contributed by atoms with Crippen LogP contribution in [-0.4, -0.2) is 27.0 Å². The molecule has 2 aromatic carbocycles. The number of unbranched alkanes of at least 4 members (excludes halogenated alkanes) is 1. The Morgan fingerprint density at radius 1 is 1.06 bits per heavy atom. The van der Waals surface area contributed by atoms with Crippen molar-refractivity contribution in [3.05, 3.63) is 88.0 Å². The summed E-state index contributed by atoms with van der Waals surface area (Å²) in [5.41, 5.74) is 4.95. The number of aryl methyl sites for hydroxylation is 1. The maximum Gasteiger partial charge on any atom is 0.303 e. The zero-order chi connectivity index (χ0) is 25.7. The van der Waals surface area contributed by atoms with Crippen LogP contribution < -0.4 is 5.32 Å². The van der Waals surface area contributed by atoms with Crippen molar-refractivity contribution in [2.24, 2.45) is 0 Å². The number of carbonyl (C=O) groups excluding carboxylic acids is 1. The average molecular weight is 508 g/mol. The van der Waals surface area contributed by atoms with E-state index in [1.54, 1.807) is 36.4 Å². The predicted octanol–water partition coefficient (Wildman–Crippen LogP) is 6.60. The van der Waals surface area contributed by atoms with Gasteiger partial charge in [0.15, 0.2) is 0 Å². The van der Waals surface area contributed by atoms with Crippen molar-refractivity contribution in [3.63, 3.8) is 0 Å². The molecule has 8 heteroatoms. The second-order valence-corrected chi connectivity index (χ2v) is 9.31. The minimum atomic E-state index is -0.834. The molecule has 0 fully saturated rings. The fourth-order valence-electron chi connectivity index (χ4n) is 4.16. The zero-order valence-corrected chi connectivity index (χ0v) is 20.7. The van der Waals surface area contributed by atoms with Gasteiger partial charge in [-0.25, -0.2) is 14.4 Å². The van der Waals surface area contributed by atoms with E-state index in [1.807, 2.05) is 19.1 Å². The molecule has 186 valence electrons. The number of halogens is 2. The van der Waals surface area contributed by atoms with E-state index in [4.69, 9.17) is 26.7 Å². The number of rotatable bonds is 9. The molecule has 1 atom stereocenters. The smallest absolute Gasteiger partial charge is 0.303 e. The monoisotopic (exact) mass is 507 g/mol. The van der Waals surface area contributed by atoms with Crippen molar-refractivity contribution in [1.82, 2.24) is 15.3 Å². The zero-order valence-electron chi connectivity index (χ0n) is 19.9. The summed E-state index contributed by atoms with van der Waals surface area (Å²) in [6, 6.07) is 12.3. The summed E-state index contributed by atoms with van der Waals surface area (Å²) in [4.78, 5) is 33.5. The molecule has 0 bridgehead atoms. The van der Waals surface area contributed by atoms with Crippen LogP contribution in [0.4, 0.5) is 4.39 Å². The van der Waals surface area contributed by atoms with E-state index in [-0.39, 0.29) is 24.2 Å². The molecule has 0 aliphatic heterocycles. The highest BCUT2D eigenvalue weighted by Crippen LogP contribution is 2.30. The third-order valence-corrected chi connectivity index (χ3v) is 6.43. The van der Waals surface area contributed by atoms with Crippen LogP contribution in [0.2, 0.25) is 5.02 Å². The van der Waals surface area contributed by atoms with Gasteiger partial charge < -0.3 is 10.4 Å². The predicted molar refractivity (Wildman–Crippen MR) is 138 cm³/mol. The van der Waals surface area contributed by atoms with E-state index in [2.05, 4.69) is 5.32 Å². The third kappa shape index (κ3) is 6.34. The summed E-state index contributed by atoms with van der Waals surface area (Å²) >= 11 is 5.96. The number of nitrogens with one attached hydrogen (secondary N) is 1. The normalized spacial score (nSPS) is 14.2. The van der Waals surface area contributed by atoms with Crippen molar-refractivity contribution in [1.29, 1.82) is 0 Å². The van der Waals surface area contributed by atoms with Gasteiger partial charge in [0.1, 0.15) is 5.83 Å². The van der Waals surface area contributed by atoms with Gasteiger partial charge in [0.2, 0.25) is 0 Å². The van der Waals surface area contributed by atoms with Gasteiger partial charge in [-0.1, -0.05) is 29.8 Å². The van der Waals surface area contributed by atoms with Crippen LogP contribution in [0.3, 0.4) is 0 Å². The van der Waals surface area contributed by atoms with Gasteiger partial charge >= 0.3 is 5.97 Å². The van der Waals surface area contributed by atoms with Crippen molar-refractivity contribution >= 4 is 40.1 Å². The van der Waals surface area contributed by atoms with Crippen LogP contribution in [0.1, 0.15) is 72.4 Å². The maximum absolute atomic E-state index is 13.6. The molecule has 1 aliphatic rings. The van der Waals surface area contributed by atoms with E-state index in [0.717, 1.165) is 16.8 Å². The molecule has 4 rings (SSSR count). The lowest BCUT2D eigenvalue weighted by molar-refractivity contribution is -0.137. The standard InChI is InChI=1S/C28H27ClFN3O3/c1-17(18-6-11-21(29)12-7-18)31-28(36)20-10-15-23-25(16-20)32-24(4-2-3-5-26(34)35)27(33-23)19-8-13-22(30)14-9-19/h6-8,10-13,15-17H,2-5,9,14H2,1H3,(H,31,36)(H,34,35)/t17-/m0/s1. The molecule has 0 spiro atoms. The topological polar surface area (TPSA) is 92.2 Å². The van der Waals surface area contributed by atoms with Crippen LogP contribution in [-0.2, 0) is 11.2 Å². The molecule has 1 heterocycles. The highest BCUT2D eigenvalue weighted by Gasteiger charge is 2.18. The Bertz CT molecular complexity index is 1350. The first-order valence-corrected chi connectivity index (χ1v) is 12.3. The lowest BCUT2D eigenvalue weighted by Crippen LogP contribution is -2.26. The van der Waals surface area contributed by atoms with Gasteiger partial charge in [-0.2, -0.15) is 0 Å². The highest BCUT2D eigenvalue weighted by molar-refractivity contribution is 6.30. The molecule has 0 unspecified atom stereocenters. The molecule has 1 amide bonds.